The highest BCUT2D eigenvalue weighted by Gasteiger charge is 2.11. The summed E-state index contributed by atoms with van der Waals surface area (Å²) in [6, 6.07) is 14.0. The van der Waals surface area contributed by atoms with E-state index in [4.69, 9.17) is 4.74 Å². The van der Waals surface area contributed by atoms with E-state index >= 15 is 0 Å². The topological polar surface area (TPSA) is 72.5 Å². The smallest absolute Gasteiger partial charge is 0.338 e. The standard InChI is InChI=1S/C20H21NO4/c1-14-3-7-18(8-4-14)20(24)25-13-19(23)17-9-5-16(6-10-17)11-12-21-15(2)22/h3-10H,11-13H2,1-2H3,(H,21,22). The number of Topliss-reactive ketones (excluding diaryl/α,β-unsaturated/α-hetero) is 1. The van der Waals surface area contributed by atoms with Crippen LogP contribution in [-0.4, -0.2) is 30.8 Å². The average molecular weight is 339 g/mol. The first-order valence-electron chi connectivity index (χ1n) is 8.06. The summed E-state index contributed by atoms with van der Waals surface area (Å²) in [5, 5.41) is 2.72. The van der Waals surface area contributed by atoms with Crippen LogP contribution in [0.15, 0.2) is 48.5 Å². The minimum Gasteiger partial charge on any atom is -0.454 e. The van der Waals surface area contributed by atoms with Gasteiger partial charge in [-0.25, -0.2) is 4.79 Å². The summed E-state index contributed by atoms with van der Waals surface area (Å²) in [6.45, 7) is 3.66. The Morgan fingerprint density at radius 1 is 0.920 bits per heavy atom. The summed E-state index contributed by atoms with van der Waals surface area (Å²) in [7, 11) is 0. The first-order valence-corrected chi connectivity index (χ1v) is 8.06. The van der Waals surface area contributed by atoms with E-state index in [1.54, 1.807) is 24.3 Å². The lowest BCUT2D eigenvalue weighted by atomic mass is 10.1. The van der Waals surface area contributed by atoms with Crippen molar-refractivity contribution in [3.05, 3.63) is 70.8 Å². The van der Waals surface area contributed by atoms with Crippen molar-refractivity contribution in [3.8, 4) is 0 Å². The number of ether oxygens (including phenoxy) is 1. The van der Waals surface area contributed by atoms with Gasteiger partial charge >= 0.3 is 5.97 Å². The van der Waals surface area contributed by atoms with Gasteiger partial charge in [-0.1, -0.05) is 42.0 Å². The number of nitrogens with one attached hydrogen (secondary N) is 1. The van der Waals surface area contributed by atoms with E-state index in [0.29, 0.717) is 24.1 Å². The van der Waals surface area contributed by atoms with E-state index in [-0.39, 0.29) is 18.3 Å². The van der Waals surface area contributed by atoms with Gasteiger partial charge in [0.25, 0.3) is 0 Å². The molecule has 0 saturated carbocycles. The summed E-state index contributed by atoms with van der Waals surface area (Å²) in [5.41, 5.74) is 2.97. The molecule has 0 aromatic heterocycles. The van der Waals surface area contributed by atoms with Crippen LogP contribution in [0.25, 0.3) is 0 Å². The minimum absolute atomic E-state index is 0.0674. The molecular weight excluding hydrogens is 318 g/mol. The maximum Gasteiger partial charge on any atom is 0.338 e. The predicted octanol–water partition coefficient (Wildman–Crippen LogP) is 2.71. The molecule has 2 aromatic carbocycles. The van der Waals surface area contributed by atoms with Crippen LogP contribution in [0.5, 0.6) is 0 Å². The molecule has 1 N–H and O–H groups in total. The summed E-state index contributed by atoms with van der Waals surface area (Å²) < 4.78 is 5.07. The maximum absolute atomic E-state index is 12.1. The Hall–Kier alpha value is -2.95. The highest BCUT2D eigenvalue weighted by Crippen LogP contribution is 2.08. The quantitative estimate of drug-likeness (QED) is 0.622. The monoisotopic (exact) mass is 339 g/mol. The van der Waals surface area contributed by atoms with Crippen LogP contribution in [0.3, 0.4) is 0 Å². The molecule has 2 rings (SSSR count). The number of amides is 1. The summed E-state index contributed by atoms with van der Waals surface area (Å²) in [6.07, 6.45) is 0.691. The van der Waals surface area contributed by atoms with Gasteiger partial charge in [-0.15, -0.1) is 0 Å². The second kappa shape index (κ2) is 8.78. The fourth-order valence-electron chi connectivity index (χ4n) is 2.23. The molecule has 0 aliphatic heterocycles. The molecule has 5 heteroatoms. The van der Waals surface area contributed by atoms with Gasteiger partial charge in [0.05, 0.1) is 5.56 Å². The van der Waals surface area contributed by atoms with Crippen molar-refractivity contribution in [1.29, 1.82) is 0 Å². The molecule has 25 heavy (non-hydrogen) atoms. The molecule has 0 fully saturated rings. The van der Waals surface area contributed by atoms with Crippen LogP contribution in [0.2, 0.25) is 0 Å². The molecule has 5 nitrogen and oxygen atoms in total. The highest BCUT2D eigenvalue weighted by atomic mass is 16.5. The number of aryl methyl sites for hydroxylation is 1. The van der Waals surface area contributed by atoms with Crippen LogP contribution in [-0.2, 0) is 16.0 Å². The number of esters is 1. The largest absolute Gasteiger partial charge is 0.454 e. The summed E-state index contributed by atoms with van der Waals surface area (Å²) in [5.74, 6) is -0.837. The second-order valence-electron chi connectivity index (χ2n) is 5.80. The van der Waals surface area contributed by atoms with Crippen molar-refractivity contribution in [2.45, 2.75) is 20.3 Å². The fraction of sp³-hybridized carbons (Fsp3) is 0.250. The van der Waals surface area contributed by atoms with Crippen LogP contribution in [0.4, 0.5) is 0 Å². The van der Waals surface area contributed by atoms with Crippen LogP contribution in [0, 0.1) is 6.92 Å². The molecule has 0 radical (unpaired) electrons. The van der Waals surface area contributed by atoms with Gasteiger partial charge in [-0.2, -0.15) is 0 Å². The van der Waals surface area contributed by atoms with Crippen molar-refractivity contribution in [1.82, 2.24) is 5.32 Å². The SMILES string of the molecule is CC(=O)NCCc1ccc(C(=O)COC(=O)c2ccc(C)cc2)cc1. The van der Waals surface area contributed by atoms with Gasteiger partial charge in [0.2, 0.25) is 5.91 Å². The molecule has 0 saturated heterocycles. The Morgan fingerprint density at radius 2 is 1.52 bits per heavy atom. The van der Waals surface area contributed by atoms with Crippen molar-refractivity contribution >= 4 is 17.7 Å². The molecule has 0 unspecified atom stereocenters. The molecule has 0 heterocycles. The lowest BCUT2D eigenvalue weighted by molar-refractivity contribution is -0.118. The van der Waals surface area contributed by atoms with Crippen LogP contribution in [0.1, 0.15) is 38.8 Å². The Balaban J connectivity index is 1.85. The highest BCUT2D eigenvalue weighted by molar-refractivity contribution is 5.99. The van der Waals surface area contributed by atoms with E-state index < -0.39 is 5.97 Å². The third kappa shape index (κ3) is 5.88. The van der Waals surface area contributed by atoms with E-state index in [2.05, 4.69) is 5.32 Å². The zero-order valence-corrected chi connectivity index (χ0v) is 14.4. The molecule has 0 atom stereocenters. The number of carbonyl (C=O) groups is 3. The van der Waals surface area contributed by atoms with Crippen LogP contribution < -0.4 is 5.32 Å². The number of benzene rings is 2. The fourth-order valence-corrected chi connectivity index (χ4v) is 2.23. The third-order valence-corrected chi connectivity index (χ3v) is 3.69. The number of hydrogen-bond acceptors (Lipinski definition) is 4. The third-order valence-electron chi connectivity index (χ3n) is 3.69. The zero-order chi connectivity index (χ0) is 18.2. The normalized spacial score (nSPS) is 10.2. The lowest BCUT2D eigenvalue weighted by Crippen LogP contribution is -2.22. The van der Waals surface area contributed by atoms with E-state index in [1.807, 2.05) is 31.2 Å². The van der Waals surface area contributed by atoms with Gasteiger partial charge in [-0.05, 0) is 31.0 Å². The molecule has 0 aliphatic rings. The number of rotatable bonds is 7. The van der Waals surface area contributed by atoms with Crippen molar-refractivity contribution in [2.75, 3.05) is 13.2 Å². The second-order valence-corrected chi connectivity index (χ2v) is 5.80. The number of ketones is 1. The van der Waals surface area contributed by atoms with Crippen molar-refractivity contribution < 1.29 is 19.1 Å². The van der Waals surface area contributed by atoms with Crippen LogP contribution >= 0.6 is 0 Å². The minimum atomic E-state index is -0.514. The number of carbonyl (C=O) groups excluding carboxylic acids is 3. The molecule has 0 aliphatic carbocycles. The Kier molecular flexibility index (Phi) is 6.46. The van der Waals surface area contributed by atoms with Crippen molar-refractivity contribution in [3.63, 3.8) is 0 Å². The summed E-state index contributed by atoms with van der Waals surface area (Å²) >= 11 is 0. The molecular formula is C20H21NO4. The van der Waals surface area contributed by atoms with Gasteiger partial charge in [-0.3, -0.25) is 9.59 Å². The predicted molar refractivity (Wildman–Crippen MR) is 94.6 cm³/mol. The molecule has 2 aromatic rings. The number of hydrogen-bond donors (Lipinski definition) is 1. The molecule has 0 bridgehead atoms. The van der Waals surface area contributed by atoms with E-state index in [0.717, 1.165) is 11.1 Å². The Bertz CT molecular complexity index is 748. The first kappa shape index (κ1) is 18.4. The van der Waals surface area contributed by atoms with E-state index in [9.17, 15) is 14.4 Å². The average Bonchev–Trinajstić information content (AvgIpc) is 2.60. The zero-order valence-electron chi connectivity index (χ0n) is 14.4. The maximum atomic E-state index is 12.1. The Morgan fingerprint density at radius 3 is 2.12 bits per heavy atom. The molecule has 0 spiro atoms. The Labute approximate surface area is 147 Å². The van der Waals surface area contributed by atoms with Gasteiger partial charge in [0, 0.05) is 19.0 Å². The van der Waals surface area contributed by atoms with Gasteiger partial charge in [0.1, 0.15) is 0 Å². The molecule has 130 valence electrons. The molecule has 1 amide bonds. The van der Waals surface area contributed by atoms with Gasteiger partial charge in [0.15, 0.2) is 12.4 Å². The van der Waals surface area contributed by atoms with Crippen molar-refractivity contribution in [2.24, 2.45) is 0 Å². The van der Waals surface area contributed by atoms with E-state index in [1.165, 1.54) is 6.92 Å². The van der Waals surface area contributed by atoms with Gasteiger partial charge < -0.3 is 10.1 Å². The lowest BCUT2D eigenvalue weighted by Gasteiger charge is -2.06. The summed E-state index contributed by atoms with van der Waals surface area (Å²) in [4.78, 5) is 34.9. The first-order chi connectivity index (χ1) is 12.0.